The largest absolute Gasteiger partial charge is 0.281 e. The molecule has 0 saturated heterocycles. The first-order valence-corrected chi connectivity index (χ1v) is 23.3. The number of thioether (sulfide) groups is 1. The van der Waals surface area contributed by atoms with Crippen molar-refractivity contribution in [2.75, 3.05) is 0 Å². The molecule has 6 heterocycles. The molecule has 3 aliphatic rings. The van der Waals surface area contributed by atoms with E-state index < -0.39 is 0 Å². The molecule has 11 aromatic rings. The van der Waals surface area contributed by atoms with Gasteiger partial charge in [0.25, 0.3) is 0 Å². The van der Waals surface area contributed by atoms with Crippen LogP contribution < -0.4 is 0 Å². The van der Waals surface area contributed by atoms with Crippen molar-refractivity contribution in [1.82, 2.24) is 39.0 Å². The maximum atomic E-state index is 5.54. The zero-order valence-corrected chi connectivity index (χ0v) is 35.8. The van der Waals surface area contributed by atoms with Gasteiger partial charge in [-0.2, -0.15) is 15.0 Å². The Morgan fingerprint density at radius 2 is 1.20 bits per heavy atom. The number of benzene rings is 6. The SMILES string of the molecule is C1=Cc2c(n(-c3nc(-c4nc(-c5ccccc5)nc(-c5ccccc5)n4)nc(-n4c5c(c6ccccc64)C4Sc6ccccc6C4C=C5)n3)c3ccc4c5ccccc5sc4c23)CC1. The fourth-order valence-electron chi connectivity index (χ4n) is 10.1. The van der Waals surface area contributed by atoms with E-state index in [1.54, 1.807) is 0 Å². The standard InChI is InChI=1S/C54H34N8S2/c1-3-15-31(16-4-1)49-55-50(32-17-5-2-6-18-32)57-51(56-49)52-58-53(61-39-23-11-7-21-37(39)45-41(61)29-27-35-33-19-9-13-25-43(33)63-47(35)45)60-54(59-52)62-40-24-12-8-22-38(40)46-42(62)30-28-36-34-20-10-14-26-44(34)64-48(36)46/h1-11,13-23,25-30,35,47H,12,24H2. The van der Waals surface area contributed by atoms with Gasteiger partial charge in [0.2, 0.25) is 23.5 Å². The van der Waals surface area contributed by atoms with Crippen LogP contribution in [0.1, 0.15) is 45.7 Å². The molecule has 1 aliphatic heterocycles. The van der Waals surface area contributed by atoms with Crippen LogP contribution in [0.2, 0.25) is 0 Å². The van der Waals surface area contributed by atoms with Crippen LogP contribution in [-0.2, 0) is 6.42 Å². The van der Waals surface area contributed by atoms with E-state index in [0.717, 1.165) is 40.7 Å². The van der Waals surface area contributed by atoms with E-state index >= 15 is 0 Å². The summed E-state index contributed by atoms with van der Waals surface area (Å²) in [6.07, 6.45) is 11.0. The smallest absolute Gasteiger partial charge is 0.240 e. The topological polar surface area (TPSA) is 87.2 Å². The highest BCUT2D eigenvalue weighted by molar-refractivity contribution is 8.00. The lowest BCUT2D eigenvalue weighted by Gasteiger charge is -2.22. The molecule has 2 unspecified atom stereocenters. The number of hydrogen-bond acceptors (Lipinski definition) is 8. The van der Waals surface area contributed by atoms with Crippen molar-refractivity contribution in [3.8, 4) is 46.3 Å². The van der Waals surface area contributed by atoms with Gasteiger partial charge >= 0.3 is 0 Å². The van der Waals surface area contributed by atoms with Gasteiger partial charge in [0, 0.05) is 69.4 Å². The van der Waals surface area contributed by atoms with Crippen molar-refractivity contribution in [2.45, 2.75) is 28.9 Å². The number of allylic oxidation sites excluding steroid dienone is 2. The van der Waals surface area contributed by atoms with Crippen molar-refractivity contribution in [1.29, 1.82) is 0 Å². The maximum Gasteiger partial charge on any atom is 0.240 e. The Morgan fingerprint density at radius 1 is 0.531 bits per heavy atom. The quantitative estimate of drug-likeness (QED) is 0.170. The third-order valence-corrected chi connectivity index (χ3v) is 15.5. The molecule has 8 nitrogen and oxygen atoms in total. The lowest BCUT2D eigenvalue weighted by molar-refractivity contribution is 0.797. The summed E-state index contributed by atoms with van der Waals surface area (Å²) >= 11 is 3.80. The molecule has 10 heteroatoms. The number of thiophene rings is 1. The summed E-state index contributed by atoms with van der Waals surface area (Å²) in [7, 11) is 0. The molecule has 0 radical (unpaired) electrons. The molecule has 5 aromatic heterocycles. The Labute approximate surface area is 375 Å². The minimum absolute atomic E-state index is 0.214. The van der Waals surface area contributed by atoms with E-state index in [0.29, 0.717) is 35.2 Å². The van der Waals surface area contributed by atoms with E-state index in [1.165, 1.54) is 58.2 Å². The molecule has 0 fully saturated rings. The molecule has 6 aromatic carbocycles. The molecular weight excluding hydrogens is 825 g/mol. The maximum absolute atomic E-state index is 5.54. The average Bonchev–Trinajstić information content (AvgIpc) is 4.12. The molecule has 0 bridgehead atoms. The Hall–Kier alpha value is -7.53. The monoisotopic (exact) mass is 858 g/mol. The highest BCUT2D eigenvalue weighted by Crippen LogP contribution is 2.59. The predicted molar refractivity (Wildman–Crippen MR) is 260 cm³/mol. The van der Waals surface area contributed by atoms with Crippen LogP contribution in [0.15, 0.2) is 163 Å². The van der Waals surface area contributed by atoms with Crippen LogP contribution in [0.4, 0.5) is 0 Å². The van der Waals surface area contributed by atoms with Crippen molar-refractivity contribution < 1.29 is 0 Å². The third kappa shape index (κ3) is 5.36. The van der Waals surface area contributed by atoms with Gasteiger partial charge in [0.1, 0.15) is 0 Å². The molecule has 0 N–H and O–H groups in total. The second kappa shape index (κ2) is 14.0. The highest BCUT2D eigenvalue weighted by Gasteiger charge is 2.39. The van der Waals surface area contributed by atoms with Gasteiger partial charge < -0.3 is 0 Å². The van der Waals surface area contributed by atoms with Gasteiger partial charge in [0.15, 0.2) is 11.6 Å². The van der Waals surface area contributed by atoms with Crippen LogP contribution in [0.25, 0.3) is 100 Å². The summed E-state index contributed by atoms with van der Waals surface area (Å²) in [5, 5.41) is 5.17. The Balaban J connectivity index is 1.06. The lowest BCUT2D eigenvalue weighted by Crippen LogP contribution is -2.15. The second-order valence-corrected chi connectivity index (χ2v) is 18.7. The minimum Gasteiger partial charge on any atom is -0.281 e. The molecule has 14 rings (SSSR count). The van der Waals surface area contributed by atoms with E-state index in [-0.39, 0.29) is 11.2 Å². The summed E-state index contributed by atoms with van der Waals surface area (Å²) in [5.74, 6) is 3.14. The summed E-state index contributed by atoms with van der Waals surface area (Å²) < 4.78 is 7.05. The van der Waals surface area contributed by atoms with E-state index in [9.17, 15) is 0 Å². The number of aromatic nitrogens is 8. The van der Waals surface area contributed by atoms with Crippen LogP contribution in [0.5, 0.6) is 0 Å². The minimum atomic E-state index is 0.214. The molecule has 0 saturated carbocycles. The van der Waals surface area contributed by atoms with E-state index in [2.05, 4.69) is 118 Å². The number of nitrogens with zero attached hydrogens (tertiary/aromatic N) is 8. The summed E-state index contributed by atoms with van der Waals surface area (Å²) in [6.45, 7) is 0. The fourth-order valence-corrected chi connectivity index (χ4v) is 12.9. The molecule has 0 amide bonds. The number of para-hydroxylation sites is 1. The zero-order chi connectivity index (χ0) is 41.9. The van der Waals surface area contributed by atoms with E-state index in [1.807, 2.05) is 83.8 Å². The first kappa shape index (κ1) is 36.0. The van der Waals surface area contributed by atoms with Crippen LogP contribution in [0, 0.1) is 0 Å². The van der Waals surface area contributed by atoms with Crippen molar-refractivity contribution in [3.63, 3.8) is 0 Å². The van der Waals surface area contributed by atoms with Crippen LogP contribution in [0.3, 0.4) is 0 Å². The van der Waals surface area contributed by atoms with Gasteiger partial charge in [-0.3, -0.25) is 9.13 Å². The molecule has 2 atom stereocenters. The third-order valence-electron chi connectivity index (χ3n) is 12.9. The van der Waals surface area contributed by atoms with Crippen molar-refractivity contribution in [3.05, 3.63) is 186 Å². The van der Waals surface area contributed by atoms with Crippen LogP contribution in [-0.4, -0.2) is 39.0 Å². The van der Waals surface area contributed by atoms with Gasteiger partial charge in [-0.15, -0.1) is 23.1 Å². The Bertz CT molecular complexity index is 3730. The Morgan fingerprint density at radius 3 is 2.02 bits per heavy atom. The molecule has 64 heavy (non-hydrogen) atoms. The summed E-state index contributed by atoms with van der Waals surface area (Å²) in [4.78, 5) is 33.0. The van der Waals surface area contributed by atoms with Gasteiger partial charge in [-0.05, 0) is 54.3 Å². The van der Waals surface area contributed by atoms with Gasteiger partial charge in [0.05, 0.1) is 16.7 Å². The first-order valence-electron chi connectivity index (χ1n) is 21.6. The average molecular weight is 859 g/mol. The fraction of sp³-hybridized carbons (Fsp3) is 0.0741. The molecule has 2 aliphatic carbocycles. The van der Waals surface area contributed by atoms with E-state index in [4.69, 9.17) is 29.9 Å². The predicted octanol–water partition coefficient (Wildman–Crippen LogP) is 13.2. The van der Waals surface area contributed by atoms with Crippen molar-refractivity contribution in [2.24, 2.45) is 0 Å². The number of fused-ring (bicyclic) bond motifs is 14. The summed E-state index contributed by atoms with van der Waals surface area (Å²) in [6, 6.07) is 50.8. The second-order valence-electron chi connectivity index (χ2n) is 16.5. The molecule has 302 valence electrons. The van der Waals surface area contributed by atoms with Crippen molar-refractivity contribution >= 4 is 77.2 Å². The first-order chi connectivity index (χ1) is 31.7. The highest BCUT2D eigenvalue weighted by atomic mass is 32.2. The van der Waals surface area contributed by atoms with Gasteiger partial charge in [-0.25, -0.2) is 15.0 Å². The zero-order valence-electron chi connectivity index (χ0n) is 34.1. The molecule has 0 spiro atoms. The van der Waals surface area contributed by atoms with Gasteiger partial charge in [-0.1, -0.05) is 140 Å². The normalized spacial score (nSPS) is 16.1. The summed E-state index contributed by atoms with van der Waals surface area (Å²) in [5.41, 5.74) is 10.0. The lowest BCUT2D eigenvalue weighted by atomic mass is 9.86. The number of hydrogen-bond donors (Lipinski definition) is 0. The van der Waals surface area contributed by atoms with Crippen LogP contribution >= 0.6 is 23.1 Å². The number of rotatable bonds is 5. The Kier molecular flexibility index (Phi) is 7.87. The molecular formula is C54H34N8S2.